The minimum Gasteiger partial charge on any atom is -0.495 e. The first-order valence-corrected chi connectivity index (χ1v) is 8.83. The minimum absolute atomic E-state index is 0.284. The van der Waals surface area contributed by atoms with Crippen molar-refractivity contribution in [1.29, 1.82) is 0 Å². The molecular weight excluding hydrogens is 394 g/mol. The number of fused-ring (bicyclic) bond motifs is 1. The Morgan fingerprint density at radius 3 is 2.60 bits per heavy atom. The number of nitrogens with zero attached hydrogens (tertiary/aromatic N) is 3. The molecule has 1 N–H and O–H groups in total. The molecule has 2 aromatic carbocycles. The SMILES string of the molecule is COc1ccc2nc(-c3ccc(OC)c(NC(=O)c4ccc(F)cc4F)c3)cn2n1. The molecule has 0 saturated heterocycles. The fourth-order valence-corrected chi connectivity index (χ4v) is 2.94. The van der Waals surface area contributed by atoms with Gasteiger partial charge in [0.05, 0.1) is 37.4 Å². The minimum atomic E-state index is -0.956. The summed E-state index contributed by atoms with van der Waals surface area (Å²) in [6, 6.07) is 11.3. The number of carbonyl (C=O) groups is 1. The van der Waals surface area contributed by atoms with Gasteiger partial charge >= 0.3 is 0 Å². The zero-order valence-electron chi connectivity index (χ0n) is 16.0. The van der Waals surface area contributed by atoms with Crippen LogP contribution < -0.4 is 14.8 Å². The van der Waals surface area contributed by atoms with Crippen LogP contribution in [0.2, 0.25) is 0 Å². The Balaban J connectivity index is 1.69. The average molecular weight is 410 g/mol. The van der Waals surface area contributed by atoms with Crippen LogP contribution in [0, 0.1) is 11.6 Å². The zero-order chi connectivity index (χ0) is 21.3. The van der Waals surface area contributed by atoms with Crippen molar-refractivity contribution in [3.63, 3.8) is 0 Å². The molecule has 4 rings (SSSR count). The Hall–Kier alpha value is -4.01. The molecule has 0 aliphatic rings. The van der Waals surface area contributed by atoms with E-state index in [0.717, 1.165) is 12.1 Å². The fourth-order valence-electron chi connectivity index (χ4n) is 2.94. The van der Waals surface area contributed by atoms with Crippen LogP contribution in [0.4, 0.5) is 14.5 Å². The Bertz CT molecular complexity index is 1260. The lowest BCUT2D eigenvalue weighted by Gasteiger charge is -2.12. The van der Waals surface area contributed by atoms with Gasteiger partial charge in [-0.1, -0.05) is 0 Å². The monoisotopic (exact) mass is 410 g/mol. The highest BCUT2D eigenvalue weighted by Crippen LogP contribution is 2.31. The van der Waals surface area contributed by atoms with E-state index in [4.69, 9.17) is 9.47 Å². The molecule has 0 unspecified atom stereocenters. The number of nitrogens with one attached hydrogen (secondary N) is 1. The number of halogens is 2. The molecule has 1 amide bonds. The second kappa shape index (κ2) is 7.78. The molecule has 0 aliphatic heterocycles. The molecule has 9 heteroatoms. The molecule has 0 spiro atoms. The number of rotatable bonds is 5. The number of aromatic nitrogens is 3. The number of carbonyl (C=O) groups excluding carboxylic acids is 1. The first-order chi connectivity index (χ1) is 14.5. The van der Waals surface area contributed by atoms with Gasteiger partial charge < -0.3 is 14.8 Å². The van der Waals surface area contributed by atoms with Crippen molar-refractivity contribution in [2.24, 2.45) is 0 Å². The third-order valence-electron chi connectivity index (χ3n) is 4.42. The average Bonchev–Trinajstić information content (AvgIpc) is 3.16. The number of hydrogen-bond donors (Lipinski definition) is 1. The van der Waals surface area contributed by atoms with Gasteiger partial charge in [-0.15, -0.1) is 5.10 Å². The number of methoxy groups -OCH3 is 2. The molecule has 0 radical (unpaired) electrons. The van der Waals surface area contributed by atoms with Crippen molar-refractivity contribution in [3.05, 3.63) is 71.9 Å². The molecule has 7 nitrogen and oxygen atoms in total. The van der Waals surface area contributed by atoms with Crippen LogP contribution in [0.15, 0.2) is 54.7 Å². The summed E-state index contributed by atoms with van der Waals surface area (Å²) in [7, 11) is 2.97. The number of benzene rings is 2. The molecule has 2 heterocycles. The molecule has 4 aromatic rings. The van der Waals surface area contributed by atoms with Crippen molar-refractivity contribution in [1.82, 2.24) is 14.6 Å². The number of hydrogen-bond acceptors (Lipinski definition) is 5. The highest BCUT2D eigenvalue weighted by atomic mass is 19.1. The predicted octanol–water partition coefficient (Wildman–Crippen LogP) is 3.94. The Labute approximate surface area is 169 Å². The van der Waals surface area contributed by atoms with E-state index in [-0.39, 0.29) is 5.56 Å². The summed E-state index contributed by atoms with van der Waals surface area (Å²) in [5.41, 5.74) is 1.91. The number of imidazole rings is 1. The second-order valence-corrected chi connectivity index (χ2v) is 6.30. The van der Waals surface area contributed by atoms with Crippen molar-refractivity contribution in [2.75, 3.05) is 19.5 Å². The smallest absolute Gasteiger partial charge is 0.258 e. The van der Waals surface area contributed by atoms with E-state index >= 15 is 0 Å². The van der Waals surface area contributed by atoms with E-state index in [1.165, 1.54) is 14.2 Å². The first-order valence-electron chi connectivity index (χ1n) is 8.83. The Morgan fingerprint density at radius 1 is 1.03 bits per heavy atom. The summed E-state index contributed by atoms with van der Waals surface area (Å²) in [4.78, 5) is 17.0. The standard InChI is InChI=1S/C21H16F2N4O3/c1-29-18-6-3-12(17-11-27-19(24-17)7-8-20(26-27)30-2)9-16(18)25-21(28)14-5-4-13(22)10-15(14)23/h3-11H,1-2H3,(H,25,28). The highest BCUT2D eigenvalue weighted by molar-refractivity contribution is 6.05. The van der Waals surface area contributed by atoms with Crippen molar-refractivity contribution < 1.29 is 23.0 Å². The summed E-state index contributed by atoms with van der Waals surface area (Å²) in [5.74, 6) is -1.64. The lowest BCUT2D eigenvalue weighted by molar-refractivity contribution is 0.102. The van der Waals surface area contributed by atoms with Gasteiger partial charge in [-0.25, -0.2) is 18.3 Å². The van der Waals surface area contributed by atoms with Crippen LogP contribution in [0.5, 0.6) is 11.6 Å². The molecule has 0 saturated carbocycles. The summed E-state index contributed by atoms with van der Waals surface area (Å²) in [6.07, 6.45) is 1.71. The molecular formula is C21H16F2N4O3. The summed E-state index contributed by atoms with van der Waals surface area (Å²) < 4.78 is 39.0. The molecule has 0 fully saturated rings. The normalized spacial score (nSPS) is 10.8. The number of anilines is 1. The van der Waals surface area contributed by atoms with E-state index in [1.54, 1.807) is 41.0 Å². The maximum atomic E-state index is 13.9. The number of ether oxygens (including phenoxy) is 2. The zero-order valence-corrected chi connectivity index (χ0v) is 16.0. The first kappa shape index (κ1) is 19.3. The lowest BCUT2D eigenvalue weighted by atomic mass is 10.1. The van der Waals surface area contributed by atoms with E-state index in [1.807, 2.05) is 0 Å². The molecule has 152 valence electrons. The molecule has 0 aliphatic carbocycles. The van der Waals surface area contributed by atoms with Crippen LogP contribution in [0.25, 0.3) is 16.9 Å². The van der Waals surface area contributed by atoms with Gasteiger partial charge in [0.2, 0.25) is 5.88 Å². The third kappa shape index (κ3) is 3.64. The van der Waals surface area contributed by atoms with E-state index < -0.39 is 17.5 Å². The Morgan fingerprint density at radius 2 is 1.87 bits per heavy atom. The topological polar surface area (TPSA) is 77.8 Å². The van der Waals surface area contributed by atoms with E-state index in [2.05, 4.69) is 15.4 Å². The summed E-state index contributed by atoms with van der Waals surface area (Å²) >= 11 is 0. The summed E-state index contributed by atoms with van der Waals surface area (Å²) in [5, 5.41) is 6.87. The van der Waals surface area contributed by atoms with Crippen molar-refractivity contribution in [3.8, 4) is 22.9 Å². The van der Waals surface area contributed by atoms with Gasteiger partial charge in [-0.3, -0.25) is 4.79 Å². The van der Waals surface area contributed by atoms with Gasteiger partial charge in [-0.05, 0) is 36.4 Å². The number of amides is 1. The van der Waals surface area contributed by atoms with Crippen molar-refractivity contribution in [2.45, 2.75) is 0 Å². The molecule has 30 heavy (non-hydrogen) atoms. The molecule has 0 bridgehead atoms. The predicted molar refractivity (Wildman–Crippen MR) is 106 cm³/mol. The van der Waals surface area contributed by atoms with Gasteiger partial charge in [0.15, 0.2) is 5.65 Å². The van der Waals surface area contributed by atoms with Gasteiger partial charge in [0, 0.05) is 17.7 Å². The third-order valence-corrected chi connectivity index (χ3v) is 4.42. The quantitative estimate of drug-likeness (QED) is 0.539. The van der Waals surface area contributed by atoms with Gasteiger partial charge in [-0.2, -0.15) is 0 Å². The Kier molecular flexibility index (Phi) is 5.01. The van der Waals surface area contributed by atoms with Gasteiger partial charge in [0.1, 0.15) is 17.4 Å². The molecule has 0 atom stereocenters. The largest absolute Gasteiger partial charge is 0.495 e. The highest BCUT2D eigenvalue weighted by Gasteiger charge is 2.16. The molecule has 2 aromatic heterocycles. The van der Waals surface area contributed by atoms with E-state index in [9.17, 15) is 13.6 Å². The maximum Gasteiger partial charge on any atom is 0.258 e. The van der Waals surface area contributed by atoms with Crippen LogP contribution in [-0.4, -0.2) is 34.7 Å². The van der Waals surface area contributed by atoms with Crippen LogP contribution >= 0.6 is 0 Å². The van der Waals surface area contributed by atoms with Crippen LogP contribution in [0.1, 0.15) is 10.4 Å². The second-order valence-electron chi connectivity index (χ2n) is 6.30. The summed E-state index contributed by atoms with van der Waals surface area (Å²) in [6.45, 7) is 0. The lowest BCUT2D eigenvalue weighted by Crippen LogP contribution is -2.14. The van der Waals surface area contributed by atoms with E-state index in [0.29, 0.717) is 40.3 Å². The fraction of sp³-hybridized carbons (Fsp3) is 0.0952. The van der Waals surface area contributed by atoms with Gasteiger partial charge in [0.25, 0.3) is 5.91 Å². The van der Waals surface area contributed by atoms with Crippen molar-refractivity contribution >= 4 is 17.2 Å². The van der Waals surface area contributed by atoms with Crippen LogP contribution in [-0.2, 0) is 0 Å². The maximum absolute atomic E-state index is 13.9. The van der Waals surface area contributed by atoms with Crippen LogP contribution in [0.3, 0.4) is 0 Å².